The summed E-state index contributed by atoms with van der Waals surface area (Å²) in [6, 6.07) is 2.69. The van der Waals surface area contributed by atoms with E-state index in [4.69, 9.17) is 19.9 Å². The summed E-state index contributed by atoms with van der Waals surface area (Å²) in [6.07, 6.45) is 0.958. The van der Waals surface area contributed by atoms with E-state index < -0.39 is 17.6 Å². The van der Waals surface area contributed by atoms with Crippen molar-refractivity contribution in [1.29, 1.82) is 0 Å². The molecule has 1 saturated heterocycles. The second-order valence-corrected chi connectivity index (χ2v) is 8.58. The zero-order valence-corrected chi connectivity index (χ0v) is 19.6. The third-order valence-electron chi connectivity index (χ3n) is 4.82. The number of ether oxygens (including phenoxy) is 3. The van der Waals surface area contributed by atoms with Crippen LogP contribution in [0.4, 0.5) is 15.3 Å². The lowest BCUT2D eigenvalue weighted by Crippen LogP contribution is -2.44. The van der Waals surface area contributed by atoms with E-state index in [1.807, 2.05) is 20.8 Å². The Labute approximate surface area is 189 Å². The Bertz CT molecular complexity index is 815. The molecule has 0 bridgehead atoms. The summed E-state index contributed by atoms with van der Waals surface area (Å²) < 4.78 is 16.3. The van der Waals surface area contributed by atoms with Crippen molar-refractivity contribution in [3.63, 3.8) is 0 Å². The van der Waals surface area contributed by atoms with Gasteiger partial charge in [-0.25, -0.2) is 14.6 Å². The number of amides is 3. The van der Waals surface area contributed by atoms with Crippen LogP contribution in [-0.4, -0.2) is 65.9 Å². The summed E-state index contributed by atoms with van der Waals surface area (Å²) in [5.74, 6) is 0.0267. The second-order valence-electron chi connectivity index (χ2n) is 8.58. The predicted molar refractivity (Wildman–Crippen MR) is 119 cm³/mol. The minimum Gasteiger partial charge on any atom is -0.474 e. The number of primary amides is 1. The Morgan fingerprint density at radius 1 is 1.22 bits per heavy atom. The summed E-state index contributed by atoms with van der Waals surface area (Å²) in [5, 5.41) is 0. The summed E-state index contributed by atoms with van der Waals surface area (Å²) in [6.45, 7) is 10.4. The average molecular weight is 451 g/mol. The SMILES string of the molecule is CCOC(=O)CCN(C(N)=O)c1ccc(OC2CCN(C(=O)OC(C)(C)C)CC2)nc1C. The van der Waals surface area contributed by atoms with Crippen molar-refractivity contribution in [2.45, 2.75) is 65.6 Å². The average Bonchev–Trinajstić information content (AvgIpc) is 2.68. The highest BCUT2D eigenvalue weighted by Gasteiger charge is 2.28. The minimum atomic E-state index is -0.678. The summed E-state index contributed by atoms with van der Waals surface area (Å²) in [5.41, 5.74) is 6.03. The van der Waals surface area contributed by atoms with Crippen molar-refractivity contribution in [2.24, 2.45) is 5.73 Å². The predicted octanol–water partition coefficient (Wildman–Crippen LogP) is 3.01. The molecule has 1 aliphatic rings. The number of aromatic nitrogens is 1. The minimum absolute atomic E-state index is 0.0324. The first kappa shape index (κ1) is 25.2. The standard InChI is InChI=1S/C22H34N4O6/c1-6-30-19(27)11-14-26(20(23)28)17-7-8-18(24-15(17)2)31-16-9-12-25(13-10-16)21(29)32-22(3,4)5/h7-8,16H,6,9-14H2,1-5H3,(H2,23,28). The van der Waals surface area contributed by atoms with Crippen molar-refractivity contribution in [3.8, 4) is 5.88 Å². The molecule has 2 rings (SSSR count). The van der Waals surface area contributed by atoms with Crippen molar-refractivity contribution < 1.29 is 28.6 Å². The van der Waals surface area contributed by atoms with E-state index in [9.17, 15) is 14.4 Å². The molecule has 10 heteroatoms. The Kier molecular flexibility index (Phi) is 8.68. The first-order valence-electron chi connectivity index (χ1n) is 10.8. The highest BCUT2D eigenvalue weighted by molar-refractivity contribution is 5.91. The van der Waals surface area contributed by atoms with E-state index in [1.54, 1.807) is 30.9 Å². The number of anilines is 1. The third kappa shape index (κ3) is 7.58. The molecule has 0 spiro atoms. The van der Waals surface area contributed by atoms with E-state index in [0.29, 0.717) is 43.2 Å². The molecule has 2 heterocycles. The van der Waals surface area contributed by atoms with Crippen LogP contribution in [-0.2, 0) is 14.3 Å². The van der Waals surface area contributed by atoms with Gasteiger partial charge in [-0.15, -0.1) is 0 Å². The fourth-order valence-corrected chi connectivity index (χ4v) is 3.32. The van der Waals surface area contributed by atoms with Gasteiger partial charge in [0, 0.05) is 38.5 Å². The van der Waals surface area contributed by atoms with Crippen LogP contribution in [0.25, 0.3) is 0 Å². The summed E-state index contributed by atoms with van der Waals surface area (Å²) >= 11 is 0. The van der Waals surface area contributed by atoms with Gasteiger partial charge in [0.05, 0.1) is 24.4 Å². The maximum atomic E-state index is 12.2. The van der Waals surface area contributed by atoms with Crippen molar-refractivity contribution >= 4 is 23.8 Å². The van der Waals surface area contributed by atoms with Crippen LogP contribution in [0.2, 0.25) is 0 Å². The van der Waals surface area contributed by atoms with E-state index in [-0.39, 0.29) is 31.8 Å². The van der Waals surface area contributed by atoms with Crippen molar-refractivity contribution in [2.75, 3.05) is 31.1 Å². The highest BCUT2D eigenvalue weighted by atomic mass is 16.6. The molecule has 1 fully saturated rings. The van der Waals surface area contributed by atoms with Crippen LogP contribution in [0.5, 0.6) is 5.88 Å². The van der Waals surface area contributed by atoms with Gasteiger partial charge in [0.1, 0.15) is 11.7 Å². The van der Waals surface area contributed by atoms with E-state index in [2.05, 4.69) is 4.98 Å². The van der Waals surface area contributed by atoms with Gasteiger partial charge in [-0.2, -0.15) is 0 Å². The van der Waals surface area contributed by atoms with Gasteiger partial charge < -0.3 is 24.8 Å². The van der Waals surface area contributed by atoms with Gasteiger partial charge in [-0.3, -0.25) is 9.69 Å². The number of piperidine rings is 1. The summed E-state index contributed by atoms with van der Waals surface area (Å²) in [7, 11) is 0. The lowest BCUT2D eigenvalue weighted by atomic mass is 10.1. The molecule has 1 aromatic heterocycles. The Morgan fingerprint density at radius 2 is 1.88 bits per heavy atom. The van der Waals surface area contributed by atoms with Crippen LogP contribution in [0, 0.1) is 6.92 Å². The van der Waals surface area contributed by atoms with Gasteiger partial charge in [-0.1, -0.05) is 0 Å². The second kappa shape index (κ2) is 11.0. The van der Waals surface area contributed by atoms with Gasteiger partial charge in [-0.05, 0) is 40.7 Å². The number of carbonyl (C=O) groups is 3. The lowest BCUT2D eigenvalue weighted by Gasteiger charge is -2.33. The quantitative estimate of drug-likeness (QED) is 0.633. The molecule has 0 saturated carbocycles. The van der Waals surface area contributed by atoms with Crippen molar-refractivity contribution in [1.82, 2.24) is 9.88 Å². The van der Waals surface area contributed by atoms with Gasteiger partial charge in [0.25, 0.3) is 0 Å². The first-order chi connectivity index (χ1) is 15.0. The number of rotatable bonds is 7. The molecule has 1 aliphatic heterocycles. The molecule has 0 aromatic carbocycles. The molecular formula is C22H34N4O6. The molecule has 178 valence electrons. The van der Waals surface area contributed by atoms with Gasteiger partial charge >= 0.3 is 18.1 Å². The highest BCUT2D eigenvalue weighted by Crippen LogP contribution is 2.24. The van der Waals surface area contributed by atoms with Crippen LogP contribution in [0.1, 0.15) is 52.7 Å². The fourth-order valence-electron chi connectivity index (χ4n) is 3.32. The monoisotopic (exact) mass is 450 g/mol. The number of hydrogen-bond acceptors (Lipinski definition) is 7. The fraction of sp³-hybridized carbons (Fsp3) is 0.636. The molecule has 1 aromatic rings. The topological polar surface area (TPSA) is 124 Å². The molecule has 32 heavy (non-hydrogen) atoms. The van der Waals surface area contributed by atoms with E-state index in [1.165, 1.54) is 4.90 Å². The number of pyridine rings is 1. The van der Waals surface area contributed by atoms with Crippen LogP contribution < -0.4 is 15.4 Å². The Balaban J connectivity index is 1.95. The molecule has 0 radical (unpaired) electrons. The maximum absolute atomic E-state index is 12.2. The normalized spacial score (nSPS) is 14.6. The molecule has 0 atom stereocenters. The molecule has 2 N–H and O–H groups in total. The zero-order valence-electron chi connectivity index (χ0n) is 19.6. The number of nitrogens with two attached hydrogens (primary N) is 1. The van der Waals surface area contributed by atoms with Crippen LogP contribution >= 0.6 is 0 Å². The largest absolute Gasteiger partial charge is 0.474 e. The number of likely N-dealkylation sites (tertiary alicyclic amines) is 1. The lowest BCUT2D eigenvalue weighted by molar-refractivity contribution is -0.142. The molecule has 0 unspecified atom stereocenters. The summed E-state index contributed by atoms with van der Waals surface area (Å²) in [4.78, 5) is 43.1. The Morgan fingerprint density at radius 3 is 2.41 bits per heavy atom. The maximum Gasteiger partial charge on any atom is 0.410 e. The third-order valence-corrected chi connectivity index (χ3v) is 4.82. The van der Waals surface area contributed by atoms with E-state index in [0.717, 1.165) is 0 Å². The number of carbonyl (C=O) groups excluding carboxylic acids is 3. The molecule has 10 nitrogen and oxygen atoms in total. The molecular weight excluding hydrogens is 416 g/mol. The Hall–Kier alpha value is -3.04. The zero-order chi connectivity index (χ0) is 23.9. The number of esters is 1. The number of nitrogens with zero attached hydrogens (tertiary/aromatic N) is 3. The number of aryl methyl sites for hydroxylation is 1. The molecule has 0 aliphatic carbocycles. The first-order valence-corrected chi connectivity index (χ1v) is 10.8. The van der Waals surface area contributed by atoms with Gasteiger partial charge in [0.15, 0.2) is 0 Å². The number of hydrogen-bond donors (Lipinski definition) is 1. The smallest absolute Gasteiger partial charge is 0.410 e. The van der Waals surface area contributed by atoms with Crippen LogP contribution in [0.15, 0.2) is 12.1 Å². The molecule has 3 amide bonds. The van der Waals surface area contributed by atoms with E-state index >= 15 is 0 Å². The number of urea groups is 1. The van der Waals surface area contributed by atoms with Gasteiger partial charge in [0.2, 0.25) is 5.88 Å². The van der Waals surface area contributed by atoms with Crippen LogP contribution in [0.3, 0.4) is 0 Å². The van der Waals surface area contributed by atoms with Crippen molar-refractivity contribution in [3.05, 3.63) is 17.8 Å².